The number of carbonyl (C=O) groups is 3. The molecule has 2 rings (SSSR count). The highest BCUT2D eigenvalue weighted by atomic mass is 16.2. The van der Waals surface area contributed by atoms with Gasteiger partial charge in [0, 0.05) is 18.9 Å². The molecular formula is C14H21N5O3. The molecule has 2 heterocycles. The van der Waals surface area contributed by atoms with Gasteiger partial charge in [0.25, 0.3) is 5.91 Å². The summed E-state index contributed by atoms with van der Waals surface area (Å²) in [5, 5.41) is 5.29. The summed E-state index contributed by atoms with van der Waals surface area (Å²) < 4.78 is 1.88. The fourth-order valence-electron chi connectivity index (χ4n) is 2.14. The van der Waals surface area contributed by atoms with Gasteiger partial charge in [-0.25, -0.2) is 9.78 Å². The summed E-state index contributed by atoms with van der Waals surface area (Å²) in [4.78, 5) is 40.0. The third-order valence-corrected chi connectivity index (χ3v) is 3.57. The van der Waals surface area contributed by atoms with Crippen LogP contribution in [0.5, 0.6) is 0 Å². The van der Waals surface area contributed by atoms with E-state index in [1.807, 2.05) is 31.5 Å². The van der Waals surface area contributed by atoms with E-state index in [2.05, 4.69) is 15.6 Å². The van der Waals surface area contributed by atoms with Crippen molar-refractivity contribution in [2.24, 2.45) is 5.41 Å². The second-order valence-electron chi connectivity index (χ2n) is 6.38. The predicted molar refractivity (Wildman–Crippen MR) is 78.7 cm³/mol. The summed E-state index contributed by atoms with van der Waals surface area (Å²) in [6.07, 6.45) is 5.18. The van der Waals surface area contributed by atoms with Crippen LogP contribution in [0, 0.1) is 5.41 Å². The van der Waals surface area contributed by atoms with Crippen molar-refractivity contribution in [3.63, 3.8) is 0 Å². The Hall–Kier alpha value is -2.38. The van der Waals surface area contributed by atoms with Crippen LogP contribution >= 0.6 is 0 Å². The average molecular weight is 307 g/mol. The lowest BCUT2D eigenvalue weighted by Gasteiger charge is -2.32. The minimum atomic E-state index is -0.526. The van der Waals surface area contributed by atoms with E-state index in [1.54, 1.807) is 12.5 Å². The summed E-state index contributed by atoms with van der Waals surface area (Å²) in [6, 6.07) is -0.683. The number of carbonyl (C=O) groups excluding carboxylic acids is 3. The SMILES string of the molecule is CC(C)(C)C(Cn1ccnc1)NC(=O)CN1C(=O)CNC1=O. The quantitative estimate of drug-likeness (QED) is 0.746. The maximum absolute atomic E-state index is 12.2. The minimum Gasteiger partial charge on any atom is -0.349 e. The summed E-state index contributed by atoms with van der Waals surface area (Å²) in [5.41, 5.74) is -0.183. The van der Waals surface area contributed by atoms with E-state index >= 15 is 0 Å². The van der Waals surface area contributed by atoms with Gasteiger partial charge in [-0.1, -0.05) is 20.8 Å². The zero-order chi connectivity index (χ0) is 16.3. The maximum atomic E-state index is 12.2. The van der Waals surface area contributed by atoms with Crippen LogP contribution in [0.1, 0.15) is 20.8 Å². The highest BCUT2D eigenvalue weighted by Crippen LogP contribution is 2.20. The first-order valence-electron chi connectivity index (χ1n) is 7.10. The van der Waals surface area contributed by atoms with Crippen LogP contribution in [0.25, 0.3) is 0 Å². The largest absolute Gasteiger partial charge is 0.349 e. The summed E-state index contributed by atoms with van der Waals surface area (Å²) in [7, 11) is 0. The first-order valence-corrected chi connectivity index (χ1v) is 7.10. The number of hydrogen-bond donors (Lipinski definition) is 2. The number of nitrogens with one attached hydrogen (secondary N) is 2. The van der Waals surface area contributed by atoms with Gasteiger partial charge in [-0.3, -0.25) is 14.5 Å². The van der Waals surface area contributed by atoms with Crippen molar-refractivity contribution in [3.05, 3.63) is 18.7 Å². The number of amides is 4. The molecule has 0 spiro atoms. The number of imide groups is 1. The van der Waals surface area contributed by atoms with E-state index in [9.17, 15) is 14.4 Å². The Morgan fingerprint density at radius 3 is 2.68 bits per heavy atom. The molecule has 1 atom stereocenters. The number of aromatic nitrogens is 2. The molecule has 4 amide bonds. The molecular weight excluding hydrogens is 286 g/mol. The van der Waals surface area contributed by atoms with Gasteiger partial charge in [-0.05, 0) is 5.41 Å². The highest BCUT2D eigenvalue weighted by Gasteiger charge is 2.32. The number of urea groups is 1. The van der Waals surface area contributed by atoms with E-state index < -0.39 is 6.03 Å². The smallest absolute Gasteiger partial charge is 0.325 e. The van der Waals surface area contributed by atoms with Crippen LogP contribution in [0.3, 0.4) is 0 Å². The molecule has 1 unspecified atom stereocenters. The Bertz CT molecular complexity index is 546. The van der Waals surface area contributed by atoms with Crippen LogP contribution in [-0.2, 0) is 16.1 Å². The fraction of sp³-hybridized carbons (Fsp3) is 0.571. The van der Waals surface area contributed by atoms with Gasteiger partial charge in [0.2, 0.25) is 5.91 Å². The summed E-state index contributed by atoms with van der Waals surface area (Å²) in [5.74, 6) is -0.743. The number of hydrogen-bond acceptors (Lipinski definition) is 4. The van der Waals surface area contributed by atoms with Gasteiger partial charge in [0.1, 0.15) is 6.54 Å². The van der Waals surface area contributed by atoms with Crippen molar-refractivity contribution >= 4 is 17.8 Å². The topological polar surface area (TPSA) is 96.3 Å². The highest BCUT2D eigenvalue weighted by molar-refractivity contribution is 6.04. The van der Waals surface area contributed by atoms with E-state index in [1.165, 1.54) is 0 Å². The second-order valence-corrected chi connectivity index (χ2v) is 6.38. The van der Waals surface area contributed by atoms with Crippen molar-refractivity contribution in [2.75, 3.05) is 13.1 Å². The molecule has 0 radical (unpaired) electrons. The van der Waals surface area contributed by atoms with E-state index in [-0.39, 0.29) is 36.4 Å². The fourth-order valence-corrected chi connectivity index (χ4v) is 2.14. The molecule has 0 aromatic carbocycles. The predicted octanol–water partition coefficient (Wildman–Crippen LogP) is -0.0342. The average Bonchev–Trinajstić information content (AvgIpc) is 3.02. The van der Waals surface area contributed by atoms with Crippen molar-refractivity contribution in [3.8, 4) is 0 Å². The molecule has 1 aromatic rings. The Morgan fingerprint density at radius 1 is 1.45 bits per heavy atom. The van der Waals surface area contributed by atoms with Crippen molar-refractivity contribution in [1.82, 2.24) is 25.1 Å². The molecule has 0 aliphatic carbocycles. The van der Waals surface area contributed by atoms with Crippen molar-refractivity contribution in [2.45, 2.75) is 33.4 Å². The Kier molecular flexibility index (Phi) is 4.48. The molecule has 1 aromatic heterocycles. The van der Waals surface area contributed by atoms with Crippen LogP contribution < -0.4 is 10.6 Å². The van der Waals surface area contributed by atoms with E-state index in [0.29, 0.717) is 6.54 Å². The third kappa shape index (κ3) is 3.84. The van der Waals surface area contributed by atoms with Gasteiger partial charge in [-0.15, -0.1) is 0 Å². The second kappa shape index (κ2) is 6.17. The molecule has 1 aliphatic rings. The molecule has 1 saturated heterocycles. The van der Waals surface area contributed by atoms with Gasteiger partial charge >= 0.3 is 6.03 Å². The van der Waals surface area contributed by atoms with E-state index in [4.69, 9.17) is 0 Å². The molecule has 2 N–H and O–H groups in total. The molecule has 1 aliphatic heterocycles. The summed E-state index contributed by atoms with van der Waals surface area (Å²) >= 11 is 0. The third-order valence-electron chi connectivity index (χ3n) is 3.57. The molecule has 8 heteroatoms. The van der Waals surface area contributed by atoms with Crippen LogP contribution in [-0.4, -0.2) is 51.4 Å². The Balaban J connectivity index is 1.99. The maximum Gasteiger partial charge on any atom is 0.325 e. The lowest BCUT2D eigenvalue weighted by molar-refractivity contribution is -0.131. The molecule has 0 bridgehead atoms. The van der Waals surface area contributed by atoms with Crippen LogP contribution in [0.4, 0.5) is 4.79 Å². The first-order chi connectivity index (χ1) is 10.3. The molecule has 0 saturated carbocycles. The van der Waals surface area contributed by atoms with Gasteiger partial charge < -0.3 is 15.2 Å². The van der Waals surface area contributed by atoms with Gasteiger partial charge in [0.05, 0.1) is 18.9 Å². The van der Waals surface area contributed by atoms with Crippen molar-refractivity contribution in [1.29, 1.82) is 0 Å². The van der Waals surface area contributed by atoms with Gasteiger partial charge in [0.15, 0.2) is 0 Å². The number of rotatable bonds is 5. The van der Waals surface area contributed by atoms with Gasteiger partial charge in [-0.2, -0.15) is 0 Å². The zero-order valence-electron chi connectivity index (χ0n) is 13.0. The Labute approximate surface area is 128 Å². The number of imidazole rings is 1. The lowest BCUT2D eigenvalue weighted by Crippen LogP contribution is -2.50. The Morgan fingerprint density at radius 2 is 2.18 bits per heavy atom. The zero-order valence-corrected chi connectivity index (χ0v) is 13.0. The van der Waals surface area contributed by atoms with Crippen LogP contribution in [0.15, 0.2) is 18.7 Å². The molecule has 1 fully saturated rings. The molecule has 8 nitrogen and oxygen atoms in total. The van der Waals surface area contributed by atoms with E-state index in [0.717, 1.165) is 4.90 Å². The van der Waals surface area contributed by atoms with Crippen molar-refractivity contribution < 1.29 is 14.4 Å². The lowest BCUT2D eigenvalue weighted by atomic mass is 9.86. The monoisotopic (exact) mass is 307 g/mol. The normalized spacial score (nSPS) is 16.6. The molecule has 120 valence electrons. The summed E-state index contributed by atoms with van der Waals surface area (Å²) in [6.45, 7) is 6.30. The standard InChI is InChI=1S/C14H21N5O3/c1-14(2,3)10(7-18-5-4-15-9-18)17-11(20)8-19-12(21)6-16-13(19)22/h4-5,9-10H,6-8H2,1-3H3,(H,16,22)(H,17,20). The molecule has 22 heavy (non-hydrogen) atoms. The van der Waals surface area contributed by atoms with Crippen LogP contribution in [0.2, 0.25) is 0 Å². The first kappa shape index (κ1) is 16.0. The minimum absolute atomic E-state index is 0.0517. The number of nitrogens with zero attached hydrogens (tertiary/aromatic N) is 3.